The normalized spacial score (nSPS) is 17.0. The molecule has 1 saturated heterocycles. The highest BCUT2D eigenvalue weighted by Gasteiger charge is 2.21. The molecule has 6 heteroatoms. The number of hydrogen-bond acceptors (Lipinski definition) is 2. The summed E-state index contributed by atoms with van der Waals surface area (Å²) in [7, 11) is 2.01. The Labute approximate surface area is 119 Å². The molecule has 0 atom stereocenters. The van der Waals surface area contributed by atoms with E-state index in [0.717, 1.165) is 13.1 Å². The van der Waals surface area contributed by atoms with Gasteiger partial charge >= 0.3 is 0 Å². The van der Waals surface area contributed by atoms with Crippen LogP contribution in [0.1, 0.15) is 10.4 Å². The molecule has 3 nitrogen and oxygen atoms in total. The second-order valence-electron chi connectivity index (χ2n) is 4.35. The van der Waals surface area contributed by atoms with Crippen LogP contribution in [0, 0.1) is 5.82 Å². The summed E-state index contributed by atoms with van der Waals surface area (Å²) in [5.41, 5.74) is 0.327. The topological polar surface area (TPSA) is 23.6 Å². The first-order valence-electron chi connectivity index (χ1n) is 5.61. The number of carbonyl (C=O) groups is 1. The predicted molar refractivity (Wildman–Crippen MR) is 72.5 cm³/mol. The first-order chi connectivity index (χ1) is 8.49. The van der Waals surface area contributed by atoms with E-state index < -0.39 is 5.82 Å². The van der Waals surface area contributed by atoms with Crippen molar-refractivity contribution in [2.75, 3.05) is 33.2 Å². The quantitative estimate of drug-likeness (QED) is 0.737. The molecule has 0 radical (unpaired) electrons. The molecule has 18 heavy (non-hydrogen) atoms. The maximum atomic E-state index is 13.5. The maximum Gasteiger partial charge on any atom is 0.254 e. The number of piperazine rings is 1. The molecular formula is C12H13BrClFN2O. The molecule has 0 saturated carbocycles. The average molecular weight is 336 g/mol. The fraction of sp³-hybridized carbons (Fsp3) is 0.417. The van der Waals surface area contributed by atoms with E-state index in [1.807, 2.05) is 7.05 Å². The van der Waals surface area contributed by atoms with Gasteiger partial charge in [0.15, 0.2) is 0 Å². The van der Waals surface area contributed by atoms with Crippen LogP contribution in [-0.4, -0.2) is 48.9 Å². The van der Waals surface area contributed by atoms with Crippen LogP contribution in [0.2, 0.25) is 5.02 Å². The Morgan fingerprint density at radius 2 is 1.94 bits per heavy atom. The van der Waals surface area contributed by atoms with Gasteiger partial charge in [0.2, 0.25) is 0 Å². The van der Waals surface area contributed by atoms with Crippen molar-refractivity contribution in [1.82, 2.24) is 9.80 Å². The molecule has 0 aliphatic carbocycles. The van der Waals surface area contributed by atoms with E-state index in [2.05, 4.69) is 20.8 Å². The zero-order valence-corrected chi connectivity index (χ0v) is 12.3. The summed E-state index contributed by atoms with van der Waals surface area (Å²) in [4.78, 5) is 16.1. The van der Waals surface area contributed by atoms with Crippen molar-refractivity contribution in [1.29, 1.82) is 0 Å². The van der Waals surface area contributed by atoms with Gasteiger partial charge in [0, 0.05) is 36.2 Å². The van der Waals surface area contributed by atoms with Gasteiger partial charge in [-0.15, -0.1) is 0 Å². The molecule has 0 spiro atoms. The lowest BCUT2D eigenvalue weighted by atomic mass is 10.1. The Morgan fingerprint density at radius 1 is 1.33 bits per heavy atom. The van der Waals surface area contributed by atoms with E-state index in [1.165, 1.54) is 6.07 Å². The Bertz CT molecular complexity index is 452. The van der Waals surface area contributed by atoms with Gasteiger partial charge in [-0.1, -0.05) is 11.6 Å². The summed E-state index contributed by atoms with van der Waals surface area (Å²) in [6, 6.07) is 2.75. The number of hydrogen-bond donors (Lipinski definition) is 0. The maximum absolute atomic E-state index is 13.5. The van der Waals surface area contributed by atoms with Crippen LogP contribution in [0.5, 0.6) is 0 Å². The van der Waals surface area contributed by atoms with Gasteiger partial charge in [-0.05, 0) is 35.1 Å². The summed E-state index contributed by atoms with van der Waals surface area (Å²) in [5, 5.41) is 0.00456. The molecule has 1 heterocycles. The van der Waals surface area contributed by atoms with Gasteiger partial charge in [0.05, 0.1) is 5.02 Å². The van der Waals surface area contributed by atoms with Crippen LogP contribution < -0.4 is 0 Å². The predicted octanol–water partition coefficient (Wildman–Crippen LogP) is 2.63. The number of carbonyl (C=O) groups excluding carboxylic acids is 1. The van der Waals surface area contributed by atoms with Crippen molar-refractivity contribution in [3.8, 4) is 0 Å². The molecule has 0 aromatic heterocycles. The van der Waals surface area contributed by atoms with E-state index in [0.29, 0.717) is 23.1 Å². The van der Waals surface area contributed by atoms with E-state index in [9.17, 15) is 9.18 Å². The molecule has 1 aromatic rings. The van der Waals surface area contributed by atoms with Crippen molar-refractivity contribution < 1.29 is 9.18 Å². The number of rotatable bonds is 1. The molecule has 2 rings (SSSR count). The highest BCUT2D eigenvalue weighted by molar-refractivity contribution is 9.10. The van der Waals surface area contributed by atoms with Crippen LogP contribution >= 0.6 is 27.5 Å². The molecule has 1 fully saturated rings. The second-order valence-corrected chi connectivity index (χ2v) is 5.58. The largest absolute Gasteiger partial charge is 0.336 e. The van der Waals surface area contributed by atoms with Crippen molar-refractivity contribution in [2.24, 2.45) is 0 Å². The lowest BCUT2D eigenvalue weighted by Crippen LogP contribution is -2.47. The zero-order chi connectivity index (χ0) is 13.3. The molecule has 1 aromatic carbocycles. The zero-order valence-electron chi connectivity index (χ0n) is 9.92. The molecule has 1 aliphatic rings. The molecule has 0 unspecified atom stereocenters. The Morgan fingerprint density at radius 3 is 2.50 bits per heavy atom. The lowest BCUT2D eigenvalue weighted by Gasteiger charge is -2.32. The van der Waals surface area contributed by atoms with Gasteiger partial charge < -0.3 is 9.80 Å². The van der Waals surface area contributed by atoms with E-state index in [1.54, 1.807) is 11.0 Å². The summed E-state index contributed by atoms with van der Waals surface area (Å²) < 4.78 is 13.9. The first kappa shape index (κ1) is 13.8. The third-order valence-electron chi connectivity index (χ3n) is 3.02. The summed E-state index contributed by atoms with van der Waals surface area (Å²) in [5.74, 6) is -0.733. The number of benzene rings is 1. The smallest absolute Gasteiger partial charge is 0.254 e. The lowest BCUT2D eigenvalue weighted by molar-refractivity contribution is 0.0663. The monoisotopic (exact) mass is 334 g/mol. The van der Waals surface area contributed by atoms with Crippen LogP contribution in [0.4, 0.5) is 4.39 Å². The van der Waals surface area contributed by atoms with Gasteiger partial charge in [-0.25, -0.2) is 4.39 Å². The number of amides is 1. The minimum Gasteiger partial charge on any atom is -0.336 e. The van der Waals surface area contributed by atoms with Gasteiger partial charge in [0.25, 0.3) is 5.91 Å². The third kappa shape index (κ3) is 2.84. The fourth-order valence-corrected chi connectivity index (χ4v) is 2.42. The molecule has 1 aliphatic heterocycles. The van der Waals surface area contributed by atoms with Gasteiger partial charge in [-0.3, -0.25) is 4.79 Å². The highest BCUT2D eigenvalue weighted by atomic mass is 79.9. The molecule has 0 N–H and O–H groups in total. The molecule has 98 valence electrons. The van der Waals surface area contributed by atoms with Crippen molar-refractivity contribution in [3.63, 3.8) is 0 Å². The van der Waals surface area contributed by atoms with Crippen LogP contribution in [0.25, 0.3) is 0 Å². The minimum absolute atomic E-state index is 0.00456. The van der Waals surface area contributed by atoms with Crippen LogP contribution in [0.3, 0.4) is 0 Å². The first-order valence-corrected chi connectivity index (χ1v) is 6.78. The van der Waals surface area contributed by atoms with Gasteiger partial charge in [-0.2, -0.15) is 0 Å². The molecular weight excluding hydrogens is 323 g/mol. The average Bonchev–Trinajstić information content (AvgIpc) is 2.35. The summed E-state index contributed by atoms with van der Waals surface area (Å²) >= 11 is 8.85. The van der Waals surface area contributed by atoms with Crippen molar-refractivity contribution in [2.45, 2.75) is 0 Å². The number of halogens is 3. The fourth-order valence-electron chi connectivity index (χ4n) is 1.87. The van der Waals surface area contributed by atoms with Crippen LogP contribution in [-0.2, 0) is 0 Å². The van der Waals surface area contributed by atoms with Crippen molar-refractivity contribution >= 4 is 33.4 Å². The summed E-state index contributed by atoms with van der Waals surface area (Å²) in [6.45, 7) is 3.00. The number of nitrogens with zero attached hydrogens (tertiary/aromatic N) is 2. The minimum atomic E-state index is -0.580. The van der Waals surface area contributed by atoms with E-state index in [-0.39, 0.29) is 10.9 Å². The third-order valence-corrected chi connectivity index (χ3v) is 4.26. The Hall–Kier alpha value is -0.650. The number of likely N-dealkylation sites (N-methyl/N-ethyl adjacent to an activating group) is 1. The SMILES string of the molecule is CN1CCN(C(=O)c2cc(F)c(Cl)c(Br)c2)CC1. The Kier molecular flexibility index (Phi) is 4.25. The highest BCUT2D eigenvalue weighted by Crippen LogP contribution is 2.27. The van der Waals surface area contributed by atoms with E-state index in [4.69, 9.17) is 11.6 Å². The standard InChI is InChI=1S/C12H13BrClFN2O/c1-16-2-4-17(5-3-16)12(18)8-6-9(13)11(14)10(15)7-8/h6-7H,2-5H2,1H3. The Balaban J connectivity index is 2.19. The van der Waals surface area contributed by atoms with Crippen LogP contribution in [0.15, 0.2) is 16.6 Å². The van der Waals surface area contributed by atoms with Crippen molar-refractivity contribution in [3.05, 3.63) is 33.0 Å². The van der Waals surface area contributed by atoms with E-state index >= 15 is 0 Å². The summed E-state index contributed by atoms with van der Waals surface area (Å²) in [6.07, 6.45) is 0. The van der Waals surface area contributed by atoms with Gasteiger partial charge in [0.1, 0.15) is 5.82 Å². The second kappa shape index (κ2) is 5.55. The molecule has 1 amide bonds. The molecule has 0 bridgehead atoms.